The van der Waals surface area contributed by atoms with Crippen molar-refractivity contribution in [2.75, 3.05) is 13.6 Å². The number of benzene rings is 1. The highest BCUT2D eigenvalue weighted by Crippen LogP contribution is 2.29. The van der Waals surface area contributed by atoms with E-state index in [2.05, 4.69) is 5.32 Å². The van der Waals surface area contributed by atoms with Crippen LogP contribution < -0.4 is 10.1 Å². The van der Waals surface area contributed by atoms with E-state index in [9.17, 15) is 14.7 Å². The van der Waals surface area contributed by atoms with Crippen molar-refractivity contribution in [2.45, 2.75) is 44.2 Å². The minimum Gasteiger partial charge on any atom is -0.486 e. The number of hydrogen-bond donors (Lipinski definition) is 6. The molecule has 160 valence electrons. The van der Waals surface area contributed by atoms with E-state index in [1.807, 2.05) is 6.92 Å². The van der Waals surface area contributed by atoms with Crippen LogP contribution in [0, 0.1) is 0 Å². The summed E-state index contributed by atoms with van der Waals surface area (Å²) in [5.41, 5.74) is 0. The predicted molar refractivity (Wildman–Crippen MR) is 103 cm³/mol. The Balaban J connectivity index is 0.000000621. The van der Waals surface area contributed by atoms with Gasteiger partial charge in [-0.05, 0) is 31.7 Å². The van der Waals surface area contributed by atoms with E-state index in [1.165, 1.54) is 0 Å². The number of nitrogens with one attached hydrogen (secondary N) is 1. The Hall–Kier alpha value is -1.62. The molecule has 9 nitrogen and oxygen atoms in total. The van der Waals surface area contributed by atoms with Gasteiger partial charge in [-0.15, -0.1) is 0 Å². The number of rotatable bonds is 10. The number of likely N-dealkylation sites (N-methyl/N-ethyl adjacent to an activating group) is 1. The first kappa shape index (κ1) is 26.4. The Morgan fingerprint density at radius 2 is 1.64 bits per heavy atom. The maximum Gasteiger partial charge on any atom is 0.335 e. The molecule has 0 fully saturated rings. The minimum absolute atomic E-state index is 0.277. The second kappa shape index (κ2) is 13.5. The topological polar surface area (TPSA) is 157 Å². The zero-order valence-corrected chi connectivity index (χ0v) is 16.9. The molecule has 0 amide bonds. The number of hydrogen-bond acceptors (Lipinski definition) is 7. The van der Waals surface area contributed by atoms with E-state index in [0.717, 1.165) is 12.8 Å². The Labute approximate surface area is 172 Å². The molecule has 0 aliphatic heterocycles. The molecule has 0 bridgehead atoms. The lowest BCUT2D eigenvalue weighted by molar-refractivity contribution is -0.165. The first-order valence-corrected chi connectivity index (χ1v) is 9.06. The molecule has 0 radical (unpaired) electrons. The van der Waals surface area contributed by atoms with Crippen LogP contribution in [0.5, 0.6) is 5.75 Å². The van der Waals surface area contributed by atoms with Gasteiger partial charge in [-0.25, -0.2) is 9.59 Å². The molecule has 0 saturated heterocycles. The Kier molecular flexibility index (Phi) is 12.8. The van der Waals surface area contributed by atoms with E-state index in [-0.39, 0.29) is 6.10 Å². The fourth-order valence-corrected chi connectivity index (χ4v) is 2.41. The van der Waals surface area contributed by atoms with Gasteiger partial charge in [0.1, 0.15) is 18.0 Å². The number of ether oxygens (including phenoxy) is 1. The molecular weight excluding hydrogens is 417 g/mol. The lowest BCUT2D eigenvalue weighted by Gasteiger charge is -2.24. The van der Waals surface area contributed by atoms with Crippen molar-refractivity contribution >= 4 is 35.1 Å². The highest BCUT2D eigenvalue weighted by atomic mass is 35.5. The third-order valence-electron chi connectivity index (χ3n) is 3.39. The average Bonchev–Trinajstić information content (AvgIpc) is 2.62. The molecule has 6 N–H and O–H groups in total. The molecule has 0 aliphatic rings. The van der Waals surface area contributed by atoms with Gasteiger partial charge in [0, 0.05) is 11.6 Å². The van der Waals surface area contributed by atoms with Crippen molar-refractivity contribution in [2.24, 2.45) is 0 Å². The van der Waals surface area contributed by atoms with Gasteiger partial charge in [0.05, 0.1) is 5.02 Å². The first-order chi connectivity index (χ1) is 13.0. The summed E-state index contributed by atoms with van der Waals surface area (Å²) in [7, 11) is 1.79. The second-order valence-electron chi connectivity index (χ2n) is 5.71. The van der Waals surface area contributed by atoms with Crippen LogP contribution in [0.15, 0.2) is 18.2 Å². The predicted octanol–water partition coefficient (Wildman–Crippen LogP) is 0.999. The molecule has 1 aromatic carbocycles. The summed E-state index contributed by atoms with van der Waals surface area (Å²) in [5.74, 6) is -2.99. The van der Waals surface area contributed by atoms with Crippen molar-refractivity contribution in [3.8, 4) is 5.75 Å². The van der Waals surface area contributed by atoms with Crippen molar-refractivity contribution < 1.29 is 39.9 Å². The minimum atomic E-state index is -2.27. The van der Waals surface area contributed by atoms with Crippen LogP contribution in [0.1, 0.15) is 19.8 Å². The lowest BCUT2D eigenvalue weighted by Crippen LogP contribution is -2.39. The van der Waals surface area contributed by atoms with Crippen molar-refractivity contribution in [3.63, 3.8) is 0 Å². The fourth-order valence-electron chi connectivity index (χ4n) is 1.96. The van der Waals surface area contributed by atoms with E-state index < -0.39 is 30.3 Å². The molecule has 0 spiro atoms. The van der Waals surface area contributed by atoms with Gasteiger partial charge >= 0.3 is 11.9 Å². The van der Waals surface area contributed by atoms with Crippen LogP contribution in [0.3, 0.4) is 0 Å². The number of aliphatic carboxylic acids is 2. The maximum absolute atomic E-state index is 9.99. The monoisotopic (exact) mass is 441 g/mol. The van der Waals surface area contributed by atoms with E-state index in [0.29, 0.717) is 22.3 Å². The van der Waals surface area contributed by atoms with Crippen LogP contribution in [0.4, 0.5) is 0 Å². The van der Waals surface area contributed by atoms with E-state index in [4.69, 9.17) is 48.4 Å². The standard InChI is InChI=1S/C13H19Cl2NO2.C4H6O6/c1-3-4-13(11(17)8-16-2)18-12-6-5-9(14)7-10(12)15;5-1(3(7)8)2(6)4(9)10/h5-7,11,13,16-17H,3-4,8H2,1-2H3;1-2,5-6H,(H,7,8)(H,9,10)/t11-,13+;1-,2-/m11/s1. The van der Waals surface area contributed by atoms with Gasteiger partial charge in [0.25, 0.3) is 0 Å². The molecule has 0 aliphatic carbocycles. The zero-order valence-electron chi connectivity index (χ0n) is 15.4. The molecule has 1 rings (SSSR count). The summed E-state index contributed by atoms with van der Waals surface area (Å²) in [6.07, 6.45) is -3.68. The van der Waals surface area contributed by atoms with Crippen LogP contribution in [0.2, 0.25) is 10.0 Å². The summed E-state index contributed by atoms with van der Waals surface area (Å²) >= 11 is 11.9. The lowest BCUT2D eigenvalue weighted by atomic mass is 10.1. The van der Waals surface area contributed by atoms with Crippen LogP contribution in [-0.2, 0) is 9.59 Å². The van der Waals surface area contributed by atoms with Gasteiger partial charge < -0.3 is 35.6 Å². The number of halogens is 2. The molecule has 0 aromatic heterocycles. The van der Waals surface area contributed by atoms with Crippen LogP contribution in [-0.4, -0.2) is 75.5 Å². The molecule has 1 aromatic rings. The van der Waals surface area contributed by atoms with Crippen LogP contribution in [0.25, 0.3) is 0 Å². The highest BCUT2D eigenvalue weighted by Gasteiger charge is 2.29. The average molecular weight is 442 g/mol. The molecular formula is C17H25Cl2NO8. The fraction of sp³-hybridized carbons (Fsp3) is 0.529. The number of carboxylic acids is 2. The highest BCUT2D eigenvalue weighted by molar-refractivity contribution is 6.35. The first-order valence-electron chi connectivity index (χ1n) is 8.31. The van der Waals surface area contributed by atoms with Crippen LogP contribution >= 0.6 is 23.2 Å². The summed E-state index contributed by atoms with van der Waals surface area (Å²) in [6, 6.07) is 5.07. The van der Waals surface area contributed by atoms with Crippen molar-refractivity contribution in [3.05, 3.63) is 28.2 Å². The zero-order chi connectivity index (χ0) is 21.9. The Bertz CT molecular complexity index is 613. The molecule has 11 heteroatoms. The Morgan fingerprint density at radius 1 is 1.11 bits per heavy atom. The second-order valence-corrected chi connectivity index (χ2v) is 6.55. The SMILES string of the molecule is CCC[C@H](Oc1ccc(Cl)cc1Cl)[C@H](O)CNC.O=C(O)[C@H](O)[C@@H](O)C(=O)O. The Morgan fingerprint density at radius 3 is 2.04 bits per heavy atom. The van der Waals surface area contributed by atoms with E-state index >= 15 is 0 Å². The molecule has 0 saturated carbocycles. The summed E-state index contributed by atoms with van der Waals surface area (Å²) in [6.45, 7) is 2.53. The van der Waals surface area contributed by atoms with E-state index in [1.54, 1.807) is 25.2 Å². The quantitative estimate of drug-likeness (QED) is 0.311. The molecule has 0 unspecified atom stereocenters. The van der Waals surface area contributed by atoms with Gasteiger partial charge in [-0.1, -0.05) is 36.5 Å². The normalized spacial score (nSPS) is 14.8. The molecule has 28 heavy (non-hydrogen) atoms. The van der Waals surface area contributed by atoms with Crippen molar-refractivity contribution in [1.82, 2.24) is 5.32 Å². The molecule has 4 atom stereocenters. The smallest absolute Gasteiger partial charge is 0.335 e. The summed E-state index contributed by atoms with van der Waals surface area (Å²) < 4.78 is 5.77. The molecule has 0 heterocycles. The summed E-state index contributed by atoms with van der Waals surface area (Å²) in [5, 5.41) is 46.5. The third-order valence-corrected chi connectivity index (χ3v) is 3.92. The van der Waals surface area contributed by atoms with Gasteiger partial charge in [-0.2, -0.15) is 0 Å². The van der Waals surface area contributed by atoms with Crippen molar-refractivity contribution in [1.29, 1.82) is 0 Å². The third kappa shape index (κ3) is 9.54. The largest absolute Gasteiger partial charge is 0.486 e. The number of aliphatic hydroxyl groups is 3. The number of aliphatic hydroxyl groups excluding tert-OH is 3. The van der Waals surface area contributed by atoms with Gasteiger partial charge in [0.15, 0.2) is 12.2 Å². The van der Waals surface area contributed by atoms with Gasteiger partial charge in [0.2, 0.25) is 0 Å². The number of carboxylic acid groups (broad SMARTS) is 2. The number of carbonyl (C=O) groups is 2. The summed E-state index contributed by atoms with van der Waals surface area (Å²) in [4.78, 5) is 19.5. The maximum atomic E-state index is 9.99. The van der Waals surface area contributed by atoms with Gasteiger partial charge in [-0.3, -0.25) is 0 Å².